The van der Waals surface area contributed by atoms with Crippen molar-refractivity contribution in [1.29, 1.82) is 0 Å². The predicted molar refractivity (Wildman–Crippen MR) is 88.4 cm³/mol. The van der Waals surface area contributed by atoms with E-state index in [0.29, 0.717) is 15.6 Å². The van der Waals surface area contributed by atoms with E-state index in [1.807, 2.05) is 31.2 Å². The molecule has 0 bridgehead atoms. The van der Waals surface area contributed by atoms with E-state index in [9.17, 15) is 5.11 Å². The Hall–Kier alpha value is -1.97. The SMILES string of the molecule is Cc1c(Cl)cccc1N=Cc1c(O)[nH]c2ccc(Cl)cc12. The third-order valence-electron chi connectivity index (χ3n) is 3.35. The second-order valence-electron chi connectivity index (χ2n) is 4.72. The van der Waals surface area contributed by atoms with Crippen molar-refractivity contribution in [2.24, 2.45) is 4.99 Å². The number of fused-ring (bicyclic) bond motifs is 1. The fraction of sp³-hybridized carbons (Fsp3) is 0.0625. The molecular formula is C16H12Cl2N2O. The first-order valence-electron chi connectivity index (χ1n) is 6.35. The van der Waals surface area contributed by atoms with Gasteiger partial charge in [-0.1, -0.05) is 29.3 Å². The Morgan fingerprint density at radius 2 is 2.00 bits per heavy atom. The Balaban J connectivity index is 2.09. The van der Waals surface area contributed by atoms with E-state index in [1.165, 1.54) is 0 Å². The third kappa shape index (κ3) is 2.62. The highest BCUT2D eigenvalue weighted by Gasteiger charge is 2.09. The van der Waals surface area contributed by atoms with Crippen molar-refractivity contribution in [2.75, 3.05) is 0 Å². The summed E-state index contributed by atoms with van der Waals surface area (Å²) in [5, 5.41) is 12.1. The minimum atomic E-state index is 0.0655. The minimum absolute atomic E-state index is 0.0655. The van der Waals surface area contributed by atoms with Crippen molar-refractivity contribution in [2.45, 2.75) is 6.92 Å². The van der Waals surface area contributed by atoms with Crippen LogP contribution in [-0.2, 0) is 0 Å². The van der Waals surface area contributed by atoms with Crippen LogP contribution in [0.25, 0.3) is 10.9 Å². The lowest BCUT2D eigenvalue weighted by Gasteiger charge is -2.01. The fourth-order valence-electron chi connectivity index (χ4n) is 2.17. The lowest BCUT2D eigenvalue weighted by Crippen LogP contribution is -1.81. The number of nitrogens with zero attached hydrogens (tertiary/aromatic N) is 1. The number of rotatable bonds is 2. The zero-order valence-corrected chi connectivity index (χ0v) is 12.7. The molecule has 0 saturated carbocycles. The van der Waals surface area contributed by atoms with Crippen LogP contribution in [0.15, 0.2) is 41.4 Å². The van der Waals surface area contributed by atoms with Crippen molar-refractivity contribution in [3.05, 3.63) is 57.6 Å². The molecular weight excluding hydrogens is 307 g/mol. The first kappa shape index (κ1) is 14.0. The Kier molecular flexibility index (Phi) is 3.62. The third-order valence-corrected chi connectivity index (χ3v) is 4.00. The molecule has 3 rings (SSSR count). The molecule has 21 heavy (non-hydrogen) atoms. The van der Waals surface area contributed by atoms with Gasteiger partial charge in [0.1, 0.15) is 0 Å². The van der Waals surface area contributed by atoms with Crippen molar-refractivity contribution in [1.82, 2.24) is 4.98 Å². The van der Waals surface area contributed by atoms with Gasteiger partial charge in [-0.2, -0.15) is 0 Å². The molecule has 2 N–H and O–H groups in total. The van der Waals surface area contributed by atoms with Gasteiger partial charge in [0.05, 0.1) is 11.3 Å². The van der Waals surface area contributed by atoms with E-state index in [-0.39, 0.29) is 5.88 Å². The van der Waals surface area contributed by atoms with Gasteiger partial charge in [-0.15, -0.1) is 0 Å². The molecule has 2 aromatic carbocycles. The Morgan fingerprint density at radius 3 is 2.81 bits per heavy atom. The topological polar surface area (TPSA) is 48.4 Å². The molecule has 3 nitrogen and oxygen atoms in total. The maximum atomic E-state index is 10.0. The summed E-state index contributed by atoms with van der Waals surface area (Å²) in [5.74, 6) is 0.0655. The van der Waals surface area contributed by atoms with E-state index in [4.69, 9.17) is 23.2 Å². The minimum Gasteiger partial charge on any atom is -0.494 e. The van der Waals surface area contributed by atoms with Crippen LogP contribution in [0.1, 0.15) is 11.1 Å². The second-order valence-corrected chi connectivity index (χ2v) is 5.56. The molecule has 0 aliphatic carbocycles. The standard InChI is InChI=1S/C16H12Cl2N2O/c1-9-13(18)3-2-4-14(9)19-8-12-11-7-10(17)5-6-15(11)20-16(12)21/h2-8,20-21H,1H3. The summed E-state index contributed by atoms with van der Waals surface area (Å²) in [5.41, 5.74) is 3.07. The average molecular weight is 319 g/mol. The molecule has 5 heteroatoms. The Morgan fingerprint density at radius 1 is 1.19 bits per heavy atom. The first-order valence-corrected chi connectivity index (χ1v) is 7.11. The molecule has 0 radical (unpaired) electrons. The van der Waals surface area contributed by atoms with Gasteiger partial charge in [-0.3, -0.25) is 4.99 Å². The van der Waals surface area contributed by atoms with Gasteiger partial charge < -0.3 is 10.1 Å². The quantitative estimate of drug-likeness (QED) is 0.624. The van der Waals surface area contributed by atoms with Gasteiger partial charge in [0.2, 0.25) is 0 Å². The van der Waals surface area contributed by atoms with Gasteiger partial charge in [-0.05, 0) is 42.8 Å². The van der Waals surface area contributed by atoms with Gasteiger partial charge in [0, 0.05) is 27.2 Å². The molecule has 1 heterocycles. The molecule has 0 amide bonds. The van der Waals surface area contributed by atoms with E-state index >= 15 is 0 Å². The number of hydrogen-bond donors (Lipinski definition) is 2. The molecule has 106 valence electrons. The molecule has 0 aliphatic rings. The van der Waals surface area contributed by atoms with Gasteiger partial charge >= 0.3 is 0 Å². The highest BCUT2D eigenvalue weighted by molar-refractivity contribution is 6.32. The van der Waals surface area contributed by atoms with Crippen molar-refractivity contribution < 1.29 is 5.11 Å². The zero-order valence-electron chi connectivity index (χ0n) is 11.2. The Labute approximate surface area is 131 Å². The lowest BCUT2D eigenvalue weighted by atomic mass is 10.1. The summed E-state index contributed by atoms with van der Waals surface area (Å²) in [6.45, 7) is 1.90. The number of H-pyrrole nitrogens is 1. The normalized spacial score (nSPS) is 11.6. The van der Waals surface area contributed by atoms with Crippen LogP contribution in [-0.4, -0.2) is 16.3 Å². The van der Waals surface area contributed by atoms with Crippen molar-refractivity contribution in [3.8, 4) is 5.88 Å². The summed E-state index contributed by atoms with van der Waals surface area (Å²) in [7, 11) is 0. The van der Waals surface area contributed by atoms with Crippen LogP contribution in [0.3, 0.4) is 0 Å². The largest absolute Gasteiger partial charge is 0.494 e. The predicted octanol–water partition coefficient (Wildman–Crippen LogP) is 5.24. The number of aromatic hydroxyl groups is 1. The van der Waals surface area contributed by atoms with Crippen LogP contribution >= 0.6 is 23.2 Å². The summed E-state index contributed by atoms with van der Waals surface area (Å²) < 4.78 is 0. The van der Waals surface area contributed by atoms with E-state index in [2.05, 4.69) is 9.98 Å². The van der Waals surface area contributed by atoms with Gasteiger partial charge in [0.15, 0.2) is 5.88 Å². The number of aromatic nitrogens is 1. The Bertz CT molecular complexity index is 853. The highest BCUT2D eigenvalue weighted by Crippen LogP contribution is 2.30. The monoisotopic (exact) mass is 318 g/mol. The number of aromatic amines is 1. The van der Waals surface area contributed by atoms with E-state index in [1.54, 1.807) is 18.3 Å². The number of hydrogen-bond acceptors (Lipinski definition) is 2. The number of benzene rings is 2. The summed E-state index contributed by atoms with van der Waals surface area (Å²) in [6, 6.07) is 10.9. The van der Waals surface area contributed by atoms with Crippen molar-refractivity contribution in [3.63, 3.8) is 0 Å². The molecule has 0 atom stereocenters. The van der Waals surface area contributed by atoms with Crippen LogP contribution in [0.2, 0.25) is 10.0 Å². The van der Waals surface area contributed by atoms with Crippen LogP contribution < -0.4 is 0 Å². The van der Waals surface area contributed by atoms with Crippen LogP contribution in [0.5, 0.6) is 5.88 Å². The molecule has 0 spiro atoms. The van der Waals surface area contributed by atoms with E-state index in [0.717, 1.165) is 22.2 Å². The summed E-state index contributed by atoms with van der Waals surface area (Å²) >= 11 is 12.1. The molecule has 1 aromatic heterocycles. The van der Waals surface area contributed by atoms with Crippen LogP contribution in [0, 0.1) is 6.92 Å². The van der Waals surface area contributed by atoms with Gasteiger partial charge in [0.25, 0.3) is 0 Å². The highest BCUT2D eigenvalue weighted by atomic mass is 35.5. The average Bonchev–Trinajstić information content (AvgIpc) is 2.76. The molecule has 0 unspecified atom stereocenters. The van der Waals surface area contributed by atoms with Crippen molar-refractivity contribution >= 4 is 46.0 Å². The summed E-state index contributed by atoms with van der Waals surface area (Å²) in [4.78, 5) is 7.31. The first-order chi connectivity index (χ1) is 10.1. The fourth-order valence-corrected chi connectivity index (χ4v) is 2.51. The van der Waals surface area contributed by atoms with Crippen LogP contribution in [0.4, 0.5) is 5.69 Å². The summed E-state index contributed by atoms with van der Waals surface area (Å²) in [6.07, 6.45) is 1.61. The smallest absolute Gasteiger partial charge is 0.198 e. The maximum absolute atomic E-state index is 10.0. The lowest BCUT2D eigenvalue weighted by molar-refractivity contribution is 0.457. The number of halogens is 2. The molecule has 0 aliphatic heterocycles. The number of nitrogens with one attached hydrogen (secondary N) is 1. The zero-order chi connectivity index (χ0) is 15.0. The van der Waals surface area contributed by atoms with E-state index < -0.39 is 0 Å². The second kappa shape index (κ2) is 5.43. The number of aliphatic imine (C=N–C) groups is 1. The van der Waals surface area contributed by atoms with Gasteiger partial charge in [-0.25, -0.2) is 0 Å². The molecule has 0 fully saturated rings. The maximum Gasteiger partial charge on any atom is 0.198 e. The molecule has 3 aromatic rings. The molecule has 0 saturated heterocycles.